The molecule has 8 nitrogen and oxygen atoms in total. The molecule has 0 bridgehead atoms. The summed E-state index contributed by atoms with van der Waals surface area (Å²) >= 11 is 5.93. The fourth-order valence-electron chi connectivity index (χ4n) is 2.37. The average Bonchev–Trinajstić information content (AvgIpc) is 3.11. The molecule has 3 rings (SSSR count). The van der Waals surface area contributed by atoms with E-state index in [4.69, 9.17) is 11.6 Å². The van der Waals surface area contributed by atoms with E-state index in [-0.39, 0.29) is 16.8 Å². The second-order valence-electron chi connectivity index (χ2n) is 5.35. The van der Waals surface area contributed by atoms with E-state index >= 15 is 0 Å². The number of nitrogens with one attached hydrogen (secondary N) is 2. The highest BCUT2D eigenvalue weighted by molar-refractivity contribution is 6.29. The topological polar surface area (TPSA) is 97.6 Å². The molecule has 0 saturated carbocycles. The maximum atomic E-state index is 12.0. The average molecular weight is 388 g/mol. The SMILES string of the molecule is CC.CNC(=O)c1nnc(Cl)cc1Nc1cccc(-c2ncn(C)n2)c1C. The van der Waals surface area contributed by atoms with Gasteiger partial charge in [0.2, 0.25) is 0 Å². The van der Waals surface area contributed by atoms with Gasteiger partial charge in [-0.1, -0.05) is 37.6 Å². The van der Waals surface area contributed by atoms with E-state index in [0.717, 1.165) is 16.8 Å². The molecule has 2 N–H and O–H groups in total. The van der Waals surface area contributed by atoms with E-state index in [1.54, 1.807) is 17.1 Å². The highest BCUT2D eigenvalue weighted by Gasteiger charge is 2.16. The zero-order valence-corrected chi connectivity index (χ0v) is 16.7. The Balaban J connectivity index is 0.00000126. The Hall–Kier alpha value is -3.00. The number of nitrogens with zero attached hydrogens (tertiary/aromatic N) is 5. The van der Waals surface area contributed by atoms with Crippen LogP contribution < -0.4 is 10.6 Å². The van der Waals surface area contributed by atoms with Gasteiger partial charge in [0.05, 0.1) is 5.69 Å². The van der Waals surface area contributed by atoms with Gasteiger partial charge < -0.3 is 10.6 Å². The van der Waals surface area contributed by atoms with Crippen LogP contribution in [0, 0.1) is 6.92 Å². The second kappa shape index (κ2) is 9.09. The number of carbonyl (C=O) groups is 1. The highest BCUT2D eigenvalue weighted by atomic mass is 35.5. The summed E-state index contributed by atoms with van der Waals surface area (Å²) in [5, 5.41) is 17.9. The third-order valence-corrected chi connectivity index (χ3v) is 3.83. The van der Waals surface area contributed by atoms with Crippen LogP contribution in [0.1, 0.15) is 29.9 Å². The van der Waals surface area contributed by atoms with Crippen LogP contribution in [0.4, 0.5) is 11.4 Å². The molecule has 1 aromatic carbocycles. The normalized spacial score (nSPS) is 10.0. The molecule has 0 unspecified atom stereocenters. The molecule has 1 amide bonds. The van der Waals surface area contributed by atoms with Crippen molar-refractivity contribution in [2.24, 2.45) is 7.05 Å². The predicted octanol–water partition coefficient (Wildman–Crippen LogP) is 3.36. The summed E-state index contributed by atoms with van der Waals surface area (Å²) < 4.78 is 1.64. The van der Waals surface area contributed by atoms with Crippen LogP contribution in [0.15, 0.2) is 30.6 Å². The number of anilines is 2. The summed E-state index contributed by atoms with van der Waals surface area (Å²) in [6, 6.07) is 7.28. The third-order valence-electron chi connectivity index (χ3n) is 3.65. The van der Waals surface area contributed by atoms with Gasteiger partial charge in [0.25, 0.3) is 5.91 Å². The zero-order chi connectivity index (χ0) is 20.0. The Labute approximate surface area is 163 Å². The number of amides is 1. The van der Waals surface area contributed by atoms with Gasteiger partial charge in [0.1, 0.15) is 6.33 Å². The van der Waals surface area contributed by atoms with Crippen LogP contribution in [0.3, 0.4) is 0 Å². The Morgan fingerprint density at radius 3 is 2.56 bits per heavy atom. The van der Waals surface area contributed by atoms with Gasteiger partial charge in [0.15, 0.2) is 16.7 Å². The minimum absolute atomic E-state index is 0.160. The first-order chi connectivity index (χ1) is 13.0. The summed E-state index contributed by atoms with van der Waals surface area (Å²) in [5.41, 5.74) is 3.24. The van der Waals surface area contributed by atoms with E-state index in [1.807, 2.05) is 46.0 Å². The summed E-state index contributed by atoms with van der Waals surface area (Å²) in [4.78, 5) is 16.3. The summed E-state index contributed by atoms with van der Waals surface area (Å²) in [6.07, 6.45) is 1.64. The third kappa shape index (κ3) is 4.59. The first-order valence-corrected chi connectivity index (χ1v) is 8.85. The van der Waals surface area contributed by atoms with Crippen molar-refractivity contribution in [1.29, 1.82) is 0 Å². The van der Waals surface area contributed by atoms with Gasteiger partial charge in [-0.3, -0.25) is 9.48 Å². The lowest BCUT2D eigenvalue weighted by atomic mass is 10.1. The van der Waals surface area contributed by atoms with Crippen molar-refractivity contribution in [1.82, 2.24) is 30.3 Å². The van der Waals surface area contributed by atoms with Crippen LogP contribution >= 0.6 is 11.6 Å². The quantitative estimate of drug-likeness (QED) is 0.712. The molecule has 0 aliphatic rings. The zero-order valence-electron chi connectivity index (χ0n) is 15.9. The smallest absolute Gasteiger partial charge is 0.273 e. The van der Waals surface area contributed by atoms with Crippen LogP contribution in [-0.4, -0.2) is 37.9 Å². The van der Waals surface area contributed by atoms with Gasteiger partial charge in [-0.15, -0.1) is 10.2 Å². The van der Waals surface area contributed by atoms with Crippen molar-refractivity contribution in [3.63, 3.8) is 0 Å². The molecule has 0 aliphatic carbocycles. The molecular formula is C18H22ClN7O. The molecule has 9 heteroatoms. The Kier molecular flexibility index (Phi) is 6.84. The first-order valence-electron chi connectivity index (χ1n) is 8.47. The van der Waals surface area contributed by atoms with E-state index in [0.29, 0.717) is 11.5 Å². The maximum absolute atomic E-state index is 12.0. The molecule has 2 heterocycles. The Morgan fingerprint density at radius 2 is 1.93 bits per heavy atom. The van der Waals surface area contributed by atoms with Crippen LogP contribution in [0.25, 0.3) is 11.4 Å². The van der Waals surface area contributed by atoms with E-state index < -0.39 is 0 Å². The maximum Gasteiger partial charge on any atom is 0.273 e. The number of rotatable bonds is 4. The standard InChI is InChI=1S/C16H16ClN7O.C2H6/c1-9-10(15-19-8-24(3)23-15)5-4-6-11(9)20-12-7-13(17)21-22-14(12)16(25)18-2;1-2/h4-8H,1-3H3,(H,18,25)(H,20,21);1-2H3. The molecule has 0 spiro atoms. The number of carbonyl (C=O) groups excluding carboxylic acids is 1. The van der Waals surface area contributed by atoms with Gasteiger partial charge in [0, 0.05) is 31.4 Å². The molecule has 0 aliphatic heterocycles. The number of aryl methyl sites for hydroxylation is 1. The fourth-order valence-corrected chi connectivity index (χ4v) is 2.52. The van der Waals surface area contributed by atoms with Crippen molar-refractivity contribution < 1.29 is 4.79 Å². The lowest BCUT2D eigenvalue weighted by molar-refractivity contribution is 0.0958. The van der Waals surface area contributed by atoms with Crippen molar-refractivity contribution >= 4 is 28.9 Å². The molecule has 0 atom stereocenters. The van der Waals surface area contributed by atoms with E-state index in [1.165, 1.54) is 7.05 Å². The summed E-state index contributed by atoms with van der Waals surface area (Å²) in [6.45, 7) is 5.95. The predicted molar refractivity (Wildman–Crippen MR) is 106 cm³/mol. The summed E-state index contributed by atoms with van der Waals surface area (Å²) in [7, 11) is 3.34. The number of halogens is 1. The number of hydrogen-bond acceptors (Lipinski definition) is 6. The van der Waals surface area contributed by atoms with Crippen LogP contribution in [-0.2, 0) is 7.05 Å². The van der Waals surface area contributed by atoms with Gasteiger partial charge in [-0.2, -0.15) is 5.10 Å². The molecule has 2 aromatic heterocycles. The van der Waals surface area contributed by atoms with Crippen molar-refractivity contribution in [3.8, 4) is 11.4 Å². The number of benzene rings is 1. The van der Waals surface area contributed by atoms with Crippen LogP contribution in [0.2, 0.25) is 5.15 Å². The molecule has 27 heavy (non-hydrogen) atoms. The molecule has 0 saturated heterocycles. The van der Waals surface area contributed by atoms with Gasteiger partial charge >= 0.3 is 0 Å². The summed E-state index contributed by atoms with van der Waals surface area (Å²) in [5.74, 6) is 0.271. The lowest BCUT2D eigenvalue weighted by Gasteiger charge is -2.14. The largest absolute Gasteiger partial charge is 0.354 e. The second-order valence-corrected chi connectivity index (χ2v) is 5.74. The molecular weight excluding hydrogens is 366 g/mol. The Morgan fingerprint density at radius 1 is 1.19 bits per heavy atom. The van der Waals surface area contributed by atoms with Crippen LogP contribution in [0.5, 0.6) is 0 Å². The van der Waals surface area contributed by atoms with E-state index in [9.17, 15) is 4.79 Å². The molecule has 3 aromatic rings. The molecule has 0 fully saturated rings. The number of aromatic nitrogens is 5. The molecule has 0 radical (unpaired) electrons. The van der Waals surface area contributed by atoms with E-state index in [2.05, 4.69) is 30.9 Å². The van der Waals surface area contributed by atoms with Gasteiger partial charge in [-0.25, -0.2) is 4.98 Å². The van der Waals surface area contributed by atoms with Crippen molar-refractivity contribution in [2.75, 3.05) is 12.4 Å². The monoisotopic (exact) mass is 387 g/mol. The minimum Gasteiger partial charge on any atom is -0.354 e. The Bertz CT molecular complexity index is 939. The fraction of sp³-hybridized carbons (Fsp3) is 0.278. The highest BCUT2D eigenvalue weighted by Crippen LogP contribution is 2.29. The van der Waals surface area contributed by atoms with Crippen molar-refractivity contribution in [3.05, 3.63) is 47.0 Å². The number of hydrogen-bond donors (Lipinski definition) is 2. The van der Waals surface area contributed by atoms with Crippen molar-refractivity contribution in [2.45, 2.75) is 20.8 Å². The van der Waals surface area contributed by atoms with Gasteiger partial charge in [-0.05, 0) is 18.6 Å². The minimum atomic E-state index is -0.355. The lowest BCUT2D eigenvalue weighted by Crippen LogP contribution is -2.21. The molecule has 142 valence electrons. The first kappa shape index (κ1) is 20.3.